The third-order valence-corrected chi connectivity index (χ3v) is 3.98. The summed E-state index contributed by atoms with van der Waals surface area (Å²) in [4.78, 5) is 31.9. The highest BCUT2D eigenvalue weighted by atomic mass is 19.1. The second-order valence-corrected chi connectivity index (χ2v) is 5.63. The molecule has 25 heavy (non-hydrogen) atoms. The monoisotopic (exact) mass is 343 g/mol. The third-order valence-electron chi connectivity index (χ3n) is 3.98. The molecule has 2 heterocycles. The number of rotatable bonds is 4. The summed E-state index contributed by atoms with van der Waals surface area (Å²) in [6.45, 7) is 1.70. The smallest absolute Gasteiger partial charge is 0.272 e. The number of ether oxygens (including phenoxy) is 1. The van der Waals surface area contributed by atoms with Crippen molar-refractivity contribution in [3.63, 3.8) is 0 Å². The van der Waals surface area contributed by atoms with Gasteiger partial charge in [0.15, 0.2) is 6.61 Å². The fourth-order valence-electron chi connectivity index (χ4n) is 2.58. The minimum absolute atomic E-state index is 0.111. The van der Waals surface area contributed by atoms with Gasteiger partial charge < -0.3 is 14.5 Å². The average molecular weight is 343 g/mol. The number of piperazine rings is 1. The normalized spacial score (nSPS) is 14.3. The van der Waals surface area contributed by atoms with Crippen LogP contribution < -0.4 is 4.74 Å². The number of carbonyl (C=O) groups is 2. The Morgan fingerprint density at radius 2 is 1.68 bits per heavy atom. The minimum atomic E-state index is -0.354. The lowest BCUT2D eigenvalue weighted by Gasteiger charge is -2.34. The molecule has 6 nitrogen and oxygen atoms in total. The number of hydrogen-bond acceptors (Lipinski definition) is 4. The number of nitrogens with zero attached hydrogens (tertiary/aromatic N) is 3. The summed E-state index contributed by atoms with van der Waals surface area (Å²) < 4.78 is 18.2. The summed E-state index contributed by atoms with van der Waals surface area (Å²) in [5.41, 5.74) is 0.405. The second-order valence-electron chi connectivity index (χ2n) is 5.63. The van der Waals surface area contributed by atoms with Gasteiger partial charge in [0, 0.05) is 32.4 Å². The summed E-state index contributed by atoms with van der Waals surface area (Å²) >= 11 is 0. The van der Waals surface area contributed by atoms with Crippen molar-refractivity contribution in [3.8, 4) is 5.75 Å². The van der Waals surface area contributed by atoms with Crippen molar-refractivity contribution < 1.29 is 18.7 Å². The summed E-state index contributed by atoms with van der Waals surface area (Å²) in [6, 6.07) is 10.7. The SMILES string of the molecule is O=C(COc1ccc(F)cc1)N1CCN(C(=O)c2ccccn2)CC1. The third kappa shape index (κ3) is 4.32. The molecular weight excluding hydrogens is 325 g/mol. The van der Waals surface area contributed by atoms with Gasteiger partial charge in [-0.1, -0.05) is 6.07 Å². The van der Waals surface area contributed by atoms with Crippen molar-refractivity contribution in [1.82, 2.24) is 14.8 Å². The molecule has 1 aliphatic heterocycles. The highest BCUT2D eigenvalue weighted by Gasteiger charge is 2.25. The molecule has 0 N–H and O–H groups in total. The molecule has 2 amide bonds. The molecular formula is C18H18FN3O3. The van der Waals surface area contributed by atoms with Crippen molar-refractivity contribution in [2.24, 2.45) is 0 Å². The Balaban J connectivity index is 1.47. The number of halogens is 1. The van der Waals surface area contributed by atoms with Crippen LogP contribution in [0.4, 0.5) is 4.39 Å². The predicted octanol–water partition coefficient (Wildman–Crippen LogP) is 1.58. The zero-order valence-electron chi connectivity index (χ0n) is 13.6. The lowest BCUT2D eigenvalue weighted by molar-refractivity contribution is -0.134. The van der Waals surface area contributed by atoms with Gasteiger partial charge in [0.1, 0.15) is 17.3 Å². The maximum Gasteiger partial charge on any atom is 0.272 e. The largest absolute Gasteiger partial charge is 0.484 e. The van der Waals surface area contributed by atoms with Crippen LogP contribution in [0.25, 0.3) is 0 Å². The number of pyridine rings is 1. The lowest BCUT2D eigenvalue weighted by Crippen LogP contribution is -2.51. The molecule has 0 saturated carbocycles. The van der Waals surface area contributed by atoms with E-state index in [0.29, 0.717) is 37.6 Å². The van der Waals surface area contributed by atoms with E-state index in [2.05, 4.69) is 4.98 Å². The lowest BCUT2D eigenvalue weighted by atomic mass is 10.2. The van der Waals surface area contributed by atoms with Crippen LogP contribution in [0.5, 0.6) is 5.75 Å². The van der Waals surface area contributed by atoms with Gasteiger partial charge in [0.05, 0.1) is 0 Å². The van der Waals surface area contributed by atoms with Crippen LogP contribution in [0, 0.1) is 5.82 Å². The maximum atomic E-state index is 12.8. The molecule has 7 heteroatoms. The molecule has 1 aromatic carbocycles. The van der Waals surface area contributed by atoms with Gasteiger partial charge in [-0.2, -0.15) is 0 Å². The van der Waals surface area contributed by atoms with E-state index in [1.165, 1.54) is 24.3 Å². The van der Waals surface area contributed by atoms with Crippen molar-refractivity contribution >= 4 is 11.8 Å². The van der Waals surface area contributed by atoms with Crippen LogP contribution in [0.2, 0.25) is 0 Å². The fraction of sp³-hybridized carbons (Fsp3) is 0.278. The van der Waals surface area contributed by atoms with Gasteiger partial charge in [-0.15, -0.1) is 0 Å². The topological polar surface area (TPSA) is 62.7 Å². The molecule has 0 aliphatic carbocycles. The number of hydrogen-bond donors (Lipinski definition) is 0. The Bertz CT molecular complexity index is 729. The quantitative estimate of drug-likeness (QED) is 0.846. The summed E-state index contributed by atoms with van der Waals surface area (Å²) in [5.74, 6) is -0.199. The molecule has 1 fully saturated rings. The van der Waals surface area contributed by atoms with Crippen LogP contribution in [-0.2, 0) is 4.79 Å². The van der Waals surface area contributed by atoms with Crippen molar-refractivity contribution in [1.29, 1.82) is 0 Å². The number of carbonyl (C=O) groups excluding carboxylic acids is 2. The highest BCUT2D eigenvalue weighted by molar-refractivity contribution is 5.92. The Kier molecular flexibility index (Phi) is 5.23. The number of benzene rings is 1. The van der Waals surface area contributed by atoms with Gasteiger partial charge in [-0.05, 0) is 36.4 Å². The molecule has 0 unspecified atom stereocenters. The van der Waals surface area contributed by atoms with Gasteiger partial charge >= 0.3 is 0 Å². The van der Waals surface area contributed by atoms with Gasteiger partial charge in [0.25, 0.3) is 11.8 Å². The first kappa shape index (κ1) is 16.9. The van der Waals surface area contributed by atoms with Gasteiger partial charge in [0.2, 0.25) is 0 Å². The molecule has 1 saturated heterocycles. The van der Waals surface area contributed by atoms with Crippen LogP contribution in [0.1, 0.15) is 10.5 Å². The molecule has 0 atom stereocenters. The Labute approximate surface area is 144 Å². The maximum absolute atomic E-state index is 12.8. The van der Waals surface area contributed by atoms with Crippen LogP contribution in [-0.4, -0.2) is 59.4 Å². The molecule has 1 aliphatic rings. The first-order chi connectivity index (χ1) is 12.1. The Morgan fingerprint density at radius 1 is 1.00 bits per heavy atom. The molecule has 130 valence electrons. The highest BCUT2D eigenvalue weighted by Crippen LogP contribution is 2.12. The molecule has 0 radical (unpaired) electrons. The van der Waals surface area contributed by atoms with E-state index >= 15 is 0 Å². The zero-order valence-corrected chi connectivity index (χ0v) is 13.6. The Morgan fingerprint density at radius 3 is 2.32 bits per heavy atom. The van der Waals surface area contributed by atoms with Gasteiger partial charge in [-0.25, -0.2) is 4.39 Å². The average Bonchev–Trinajstić information content (AvgIpc) is 2.67. The van der Waals surface area contributed by atoms with E-state index < -0.39 is 0 Å². The van der Waals surface area contributed by atoms with E-state index in [4.69, 9.17) is 4.74 Å². The molecule has 3 rings (SSSR count). The molecule has 0 bridgehead atoms. The van der Waals surface area contributed by atoms with Crippen LogP contribution in [0.3, 0.4) is 0 Å². The van der Waals surface area contributed by atoms with Crippen LogP contribution in [0.15, 0.2) is 48.7 Å². The summed E-state index contributed by atoms with van der Waals surface area (Å²) in [5, 5.41) is 0. The molecule has 2 aromatic rings. The zero-order chi connectivity index (χ0) is 17.6. The first-order valence-corrected chi connectivity index (χ1v) is 8.00. The van der Waals surface area contributed by atoms with E-state index in [1.807, 2.05) is 0 Å². The van der Waals surface area contributed by atoms with E-state index in [9.17, 15) is 14.0 Å². The van der Waals surface area contributed by atoms with Crippen molar-refractivity contribution in [2.45, 2.75) is 0 Å². The molecule has 0 spiro atoms. The van der Waals surface area contributed by atoms with Crippen molar-refractivity contribution in [2.75, 3.05) is 32.8 Å². The standard InChI is InChI=1S/C18H18FN3O3/c19-14-4-6-15(7-5-14)25-13-17(23)21-9-11-22(12-10-21)18(24)16-3-1-2-8-20-16/h1-8H,9-13H2. The Hall–Kier alpha value is -2.96. The number of aromatic nitrogens is 1. The number of amides is 2. The van der Waals surface area contributed by atoms with E-state index in [1.54, 1.807) is 34.2 Å². The van der Waals surface area contributed by atoms with Gasteiger partial charge in [-0.3, -0.25) is 14.6 Å². The summed E-state index contributed by atoms with van der Waals surface area (Å²) in [6.07, 6.45) is 1.58. The second kappa shape index (κ2) is 7.74. The van der Waals surface area contributed by atoms with E-state index in [0.717, 1.165) is 0 Å². The minimum Gasteiger partial charge on any atom is -0.484 e. The van der Waals surface area contributed by atoms with E-state index in [-0.39, 0.29) is 24.2 Å². The predicted molar refractivity (Wildman–Crippen MR) is 88.6 cm³/mol. The van der Waals surface area contributed by atoms with Crippen LogP contribution >= 0.6 is 0 Å². The fourth-order valence-corrected chi connectivity index (χ4v) is 2.58. The van der Waals surface area contributed by atoms with Crippen molar-refractivity contribution in [3.05, 3.63) is 60.2 Å². The molecule has 1 aromatic heterocycles. The first-order valence-electron chi connectivity index (χ1n) is 8.00. The summed E-state index contributed by atoms with van der Waals surface area (Å²) in [7, 11) is 0.